The molecule has 1 nitrogen and oxygen atoms in total. The number of hydrogen-bond donors (Lipinski definition) is 0. The Labute approximate surface area is 148 Å². The van der Waals surface area contributed by atoms with Crippen molar-refractivity contribution in [2.24, 2.45) is 0 Å². The van der Waals surface area contributed by atoms with Gasteiger partial charge in [-0.15, -0.1) is 0 Å². The molecular formula is C12H5CoF12O-3. The first kappa shape index (κ1) is 32.2. The Balaban J connectivity index is -0.000000139. The molecule has 1 aromatic rings. The fourth-order valence-electron chi connectivity index (χ4n) is 0.516. The van der Waals surface area contributed by atoms with E-state index in [0.29, 0.717) is 0 Å². The largest absolute Gasteiger partial charge is 0.214 e. The first-order chi connectivity index (χ1) is 11.1. The summed E-state index contributed by atoms with van der Waals surface area (Å²) in [5, 5.41) is 0. The maximum atomic E-state index is 11.4. The molecule has 0 fully saturated rings. The van der Waals surface area contributed by atoms with Gasteiger partial charge in [0.1, 0.15) is 6.43 Å². The summed E-state index contributed by atoms with van der Waals surface area (Å²) in [5.41, 5.74) is 0. The molecule has 0 spiro atoms. The van der Waals surface area contributed by atoms with Gasteiger partial charge in [0.2, 0.25) is 0 Å². The van der Waals surface area contributed by atoms with Crippen LogP contribution in [0, 0.1) is 19.2 Å². The smallest absolute Gasteiger partial charge is 0 e. The third-order valence-corrected chi connectivity index (χ3v) is 1.27. The van der Waals surface area contributed by atoms with Crippen molar-refractivity contribution in [3.8, 4) is 0 Å². The fraction of sp³-hybridized carbons (Fsp3) is 0.250. The van der Waals surface area contributed by atoms with Gasteiger partial charge in [0, 0.05) is 22.6 Å². The van der Waals surface area contributed by atoms with Crippen molar-refractivity contribution in [1.29, 1.82) is 0 Å². The summed E-state index contributed by atoms with van der Waals surface area (Å²) < 4.78 is 137. The Morgan fingerprint density at radius 2 is 1.19 bits per heavy atom. The SMILES string of the molecule is FC(=[C-]C(F)(F)F)C(F)(F)F.F[C-](F)C(F)(F)F.[C-]#[O+].[Co].c1cc[cH-]c1. The second-order valence-corrected chi connectivity index (χ2v) is 3.15. The molecule has 0 saturated carbocycles. The number of halogens is 12. The molecular weight excluding hydrogens is 447 g/mol. The third kappa shape index (κ3) is 24.7. The van der Waals surface area contributed by atoms with Crippen LogP contribution in [0.2, 0.25) is 0 Å². The molecule has 26 heavy (non-hydrogen) atoms. The summed E-state index contributed by atoms with van der Waals surface area (Å²) in [7, 11) is 0. The summed E-state index contributed by atoms with van der Waals surface area (Å²) >= 11 is 0. The molecule has 0 unspecified atom stereocenters. The van der Waals surface area contributed by atoms with Gasteiger partial charge in [-0.3, -0.25) is 0 Å². The molecule has 155 valence electrons. The summed E-state index contributed by atoms with van der Waals surface area (Å²) in [6, 6.07) is 10.0. The number of allylic oxidation sites excluding steroid dienone is 2. The average molecular weight is 452 g/mol. The quantitative estimate of drug-likeness (QED) is 0.257. The topological polar surface area (TPSA) is 19.9 Å². The van der Waals surface area contributed by atoms with Gasteiger partial charge in [-0.2, -0.15) is 31.4 Å². The molecule has 0 aliphatic heterocycles. The second kappa shape index (κ2) is 14.6. The molecule has 1 aromatic carbocycles. The minimum absolute atomic E-state index is 0. The first-order valence-electron chi connectivity index (χ1n) is 5.14. The van der Waals surface area contributed by atoms with Crippen molar-refractivity contribution in [2.45, 2.75) is 18.5 Å². The molecule has 0 amide bonds. The van der Waals surface area contributed by atoms with Crippen LogP contribution in [0.4, 0.5) is 52.7 Å². The van der Waals surface area contributed by atoms with E-state index in [1.165, 1.54) is 0 Å². The second-order valence-electron chi connectivity index (χ2n) is 3.15. The first-order valence-corrected chi connectivity index (χ1v) is 5.14. The van der Waals surface area contributed by atoms with Gasteiger partial charge >= 0.3 is 23.7 Å². The summed E-state index contributed by atoms with van der Waals surface area (Å²) in [6.45, 7) is 4.50. The minimum Gasteiger partial charge on any atom is -0.214 e. The number of hydrogen-bond acceptors (Lipinski definition) is 0. The van der Waals surface area contributed by atoms with Gasteiger partial charge in [0.25, 0.3) is 6.18 Å². The van der Waals surface area contributed by atoms with Crippen LogP contribution in [0.3, 0.4) is 0 Å². The normalized spacial score (nSPS) is 11.6. The molecule has 0 aliphatic rings. The summed E-state index contributed by atoms with van der Waals surface area (Å²) in [5.74, 6) is -3.27. The molecule has 0 heterocycles. The van der Waals surface area contributed by atoms with Crippen molar-refractivity contribution in [1.82, 2.24) is 0 Å². The summed E-state index contributed by atoms with van der Waals surface area (Å²) in [6.07, 6.45) is -20.3. The molecule has 1 radical (unpaired) electrons. The maximum Gasteiger partial charge on any atom is 0 e. The molecule has 0 aromatic heterocycles. The Bertz CT molecular complexity index is 450. The van der Waals surface area contributed by atoms with Crippen LogP contribution in [0.1, 0.15) is 0 Å². The molecule has 0 bridgehead atoms. The fourth-order valence-corrected chi connectivity index (χ4v) is 0.516. The summed E-state index contributed by atoms with van der Waals surface area (Å²) in [4.78, 5) is 0. The van der Waals surface area contributed by atoms with E-state index in [2.05, 4.69) is 6.65 Å². The zero-order valence-electron chi connectivity index (χ0n) is 11.7. The van der Waals surface area contributed by atoms with E-state index in [1.54, 1.807) is 0 Å². The van der Waals surface area contributed by atoms with E-state index in [9.17, 15) is 52.7 Å². The van der Waals surface area contributed by atoms with Gasteiger partial charge in [-0.1, -0.05) is 0 Å². The Kier molecular flexibility index (Phi) is 18.1. The van der Waals surface area contributed by atoms with Crippen LogP contribution in [0.5, 0.6) is 0 Å². The van der Waals surface area contributed by atoms with Gasteiger partial charge in [-0.25, -0.2) is 42.9 Å². The monoisotopic (exact) mass is 452 g/mol. The average Bonchev–Trinajstić information content (AvgIpc) is 2.96. The number of rotatable bonds is 0. The van der Waals surface area contributed by atoms with E-state index in [4.69, 9.17) is 4.65 Å². The van der Waals surface area contributed by atoms with Crippen LogP contribution >= 0.6 is 0 Å². The van der Waals surface area contributed by atoms with Crippen LogP contribution in [0.15, 0.2) is 36.2 Å². The van der Waals surface area contributed by atoms with Crippen LogP contribution in [-0.4, -0.2) is 18.5 Å². The molecule has 0 aliphatic carbocycles. The molecule has 0 N–H and O–H groups in total. The third-order valence-electron chi connectivity index (χ3n) is 1.27. The van der Waals surface area contributed by atoms with E-state index >= 15 is 0 Å². The van der Waals surface area contributed by atoms with Crippen molar-refractivity contribution in [3.63, 3.8) is 0 Å². The molecule has 0 saturated heterocycles. The van der Waals surface area contributed by atoms with E-state index < -0.39 is 30.8 Å². The van der Waals surface area contributed by atoms with E-state index in [0.717, 1.165) is 0 Å². The van der Waals surface area contributed by atoms with Crippen molar-refractivity contribution in [2.75, 3.05) is 0 Å². The van der Waals surface area contributed by atoms with Gasteiger partial charge < -0.3 is 14.9 Å². The maximum absolute atomic E-state index is 11.4. The van der Waals surface area contributed by atoms with Crippen molar-refractivity contribution < 1.29 is 74.1 Å². The van der Waals surface area contributed by atoms with Crippen LogP contribution in [-0.2, 0) is 21.4 Å². The van der Waals surface area contributed by atoms with Gasteiger partial charge in [0.15, 0.2) is 0 Å². The van der Waals surface area contributed by atoms with Gasteiger partial charge in [-0.05, 0) is 0 Å². The zero-order valence-corrected chi connectivity index (χ0v) is 12.7. The van der Waals surface area contributed by atoms with Crippen molar-refractivity contribution in [3.05, 3.63) is 55.3 Å². The standard InChI is InChI=1S/C5H5.C4F7.C2F5.CO.Co/c1-2-4-5-3-1;5-2(4(9,10)11)1-3(6,7)8;3-1(4)2(5,6)7;1-2;/h1-5H;;;;/q3*-1;;. The molecule has 0 atom stereocenters. The predicted octanol–water partition coefficient (Wildman–Crippen LogP) is 6.11. The van der Waals surface area contributed by atoms with Crippen LogP contribution < -0.4 is 0 Å². The zero-order chi connectivity index (χ0) is 20.9. The Hall–Kier alpha value is -1.50. The van der Waals surface area contributed by atoms with E-state index in [-0.39, 0.29) is 22.9 Å². The minimum atomic E-state index is -5.62. The molecule has 1 rings (SSSR count). The molecule has 14 heteroatoms. The van der Waals surface area contributed by atoms with E-state index in [1.807, 2.05) is 30.3 Å². The van der Waals surface area contributed by atoms with Gasteiger partial charge in [0.05, 0.1) is 0 Å². The van der Waals surface area contributed by atoms with Crippen molar-refractivity contribution >= 4 is 0 Å². The van der Waals surface area contributed by atoms with Crippen LogP contribution in [0.25, 0.3) is 0 Å². The predicted molar refractivity (Wildman–Crippen MR) is 57.5 cm³/mol. The Morgan fingerprint density at radius 1 is 0.885 bits per heavy atom. The number of alkyl halides is 9. The Morgan fingerprint density at radius 3 is 1.27 bits per heavy atom.